The van der Waals surface area contributed by atoms with E-state index < -0.39 is 11.6 Å². The average Bonchev–Trinajstić information content (AvgIpc) is 2.16. The summed E-state index contributed by atoms with van der Waals surface area (Å²) in [6, 6.07) is 0. The molecule has 0 aromatic carbocycles. The smallest absolute Gasteiger partial charge is 0.313 e. The van der Waals surface area contributed by atoms with Crippen LogP contribution in [-0.4, -0.2) is 31.1 Å². The predicted octanol–water partition coefficient (Wildman–Crippen LogP) is 1.32. The molecule has 14 heavy (non-hydrogen) atoms. The molecule has 0 fully saturated rings. The molecule has 4 nitrogen and oxygen atoms in total. The van der Waals surface area contributed by atoms with Gasteiger partial charge in [0.05, 0.1) is 6.61 Å². The van der Waals surface area contributed by atoms with Gasteiger partial charge in [0.1, 0.15) is 12.0 Å². The molecule has 0 rings (SSSR count). The summed E-state index contributed by atoms with van der Waals surface area (Å²) < 4.78 is 9.75. The van der Waals surface area contributed by atoms with E-state index >= 15 is 0 Å². The Morgan fingerprint density at radius 2 is 1.86 bits per heavy atom. The molecule has 0 saturated heterocycles. The highest BCUT2D eigenvalue weighted by molar-refractivity contribution is 6.00. The first kappa shape index (κ1) is 13.1. The second-order valence-electron chi connectivity index (χ2n) is 3.19. The fourth-order valence-corrected chi connectivity index (χ4v) is 0.985. The Morgan fingerprint density at radius 1 is 1.29 bits per heavy atom. The number of carbonyl (C=O) groups is 2. The summed E-state index contributed by atoms with van der Waals surface area (Å²) in [5.74, 6) is -0.727. The minimum absolute atomic E-state index is 0.216. The highest BCUT2D eigenvalue weighted by Gasteiger charge is 2.32. The molecule has 0 aliphatic carbocycles. The molecule has 0 bridgehead atoms. The van der Waals surface area contributed by atoms with Crippen molar-refractivity contribution in [2.75, 3.05) is 13.7 Å². The van der Waals surface area contributed by atoms with E-state index in [1.165, 1.54) is 7.11 Å². The number of rotatable bonds is 6. The van der Waals surface area contributed by atoms with Crippen LogP contribution in [0.5, 0.6) is 0 Å². The summed E-state index contributed by atoms with van der Waals surface area (Å²) in [4.78, 5) is 22.6. The van der Waals surface area contributed by atoms with Crippen LogP contribution in [-0.2, 0) is 19.1 Å². The lowest BCUT2D eigenvalue weighted by molar-refractivity contribution is -0.151. The van der Waals surface area contributed by atoms with E-state index in [0.29, 0.717) is 13.0 Å². The number of carbonyl (C=O) groups excluding carboxylic acids is 2. The topological polar surface area (TPSA) is 52.6 Å². The molecule has 0 aliphatic heterocycles. The normalized spacial score (nSPS) is 14.6. The molecule has 0 aliphatic rings. The zero-order chi connectivity index (χ0) is 11.2. The Hall–Kier alpha value is -0.900. The largest absolute Gasteiger partial charge is 0.466 e. The maximum Gasteiger partial charge on any atom is 0.313 e. The van der Waals surface area contributed by atoms with E-state index in [-0.39, 0.29) is 12.2 Å². The fourth-order valence-electron chi connectivity index (χ4n) is 0.985. The molecule has 0 radical (unpaired) electrons. The van der Waals surface area contributed by atoms with Gasteiger partial charge in [0.2, 0.25) is 0 Å². The molecule has 82 valence electrons. The molecule has 1 atom stereocenters. The molecule has 0 aromatic rings. The quantitative estimate of drug-likeness (QED) is 0.481. The van der Waals surface area contributed by atoms with E-state index in [0.717, 1.165) is 0 Å². The Balaban J connectivity index is 4.25. The maximum atomic E-state index is 11.6. The second-order valence-corrected chi connectivity index (χ2v) is 3.19. The van der Waals surface area contributed by atoms with Crippen molar-refractivity contribution in [1.82, 2.24) is 0 Å². The number of Topliss-reactive ketones (excluding diaryl/α,β-unsaturated/α-hetero) is 1. The lowest BCUT2D eigenvalue weighted by Crippen LogP contribution is -2.38. The van der Waals surface area contributed by atoms with Gasteiger partial charge in [-0.3, -0.25) is 9.59 Å². The number of hydrogen-bond donors (Lipinski definition) is 0. The van der Waals surface area contributed by atoms with Crippen LogP contribution >= 0.6 is 0 Å². The van der Waals surface area contributed by atoms with Crippen LogP contribution in [0.1, 0.15) is 33.6 Å². The van der Waals surface area contributed by atoms with Gasteiger partial charge in [0.15, 0.2) is 5.78 Å². The van der Waals surface area contributed by atoms with Gasteiger partial charge in [-0.2, -0.15) is 0 Å². The van der Waals surface area contributed by atoms with Crippen molar-refractivity contribution in [1.29, 1.82) is 0 Å². The van der Waals surface area contributed by atoms with Crippen LogP contribution in [0.3, 0.4) is 0 Å². The van der Waals surface area contributed by atoms with Gasteiger partial charge in [-0.15, -0.1) is 0 Å². The van der Waals surface area contributed by atoms with Gasteiger partial charge in [-0.05, 0) is 20.3 Å². The van der Waals surface area contributed by atoms with E-state index in [1.807, 2.05) is 6.92 Å². The summed E-state index contributed by atoms with van der Waals surface area (Å²) in [5.41, 5.74) is -0.868. The van der Waals surface area contributed by atoms with Gasteiger partial charge in [0, 0.05) is 7.11 Å². The van der Waals surface area contributed by atoms with Crippen LogP contribution in [0.25, 0.3) is 0 Å². The Morgan fingerprint density at radius 3 is 2.21 bits per heavy atom. The third-order valence-corrected chi connectivity index (χ3v) is 2.33. The number of methoxy groups -OCH3 is 1. The molecule has 0 aromatic heterocycles. The van der Waals surface area contributed by atoms with Gasteiger partial charge >= 0.3 is 5.97 Å². The molecule has 0 spiro atoms. The Bertz CT molecular complexity index is 206. The molecule has 0 heterocycles. The number of ketones is 1. The molecule has 1 unspecified atom stereocenters. The standard InChI is InChI=1S/C10H18O4/c1-5-10(3,13-4)8(11)7-9(12)14-6-2/h5-7H2,1-4H3. The van der Waals surface area contributed by atoms with Crippen molar-refractivity contribution in [2.45, 2.75) is 39.2 Å². The van der Waals surface area contributed by atoms with E-state index in [2.05, 4.69) is 4.74 Å². The predicted molar refractivity (Wildman–Crippen MR) is 52.0 cm³/mol. The number of ether oxygens (including phenoxy) is 2. The number of hydrogen-bond acceptors (Lipinski definition) is 4. The van der Waals surface area contributed by atoms with Crippen molar-refractivity contribution >= 4 is 11.8 Å². The number of esters is 1. The van der Waals surface area contributed by atoms with Crippen molar-refractivity contribution in [3.05, 3.63) is 0 Å². The first-order valence-electron chi connectivity index (χ1n) is 4.74. The molecular weight excluding hydrogens is 184 g/mol. The Labute approximate surface area is 84.6 Å². The zero-order valence-electron chi connectivity index (χ0n) is 9.25. The summed E-state index contributed by atoms with van der Waals surface area (Å²) in [6.07, 6.45) is 0.327. The lowest BCUT2D eigenvalue weighted by Gasteiger charge is -2.24. The first-order chi connectivity index (χ1) is 6.50. The average molecular weight is 202 g/mol. The minimum atomic E-state index is -0.868. The van der Waals surface area contributed by atoms with Crippen molar-refractivity contribution < 1.29 is 19.1 Å². The Kier molecular flexibility index (Phi) is 5.38. The fraction of sp³-hybridized carbons (Fsp3) is 0.800. The van der Waals surface area contributed by atoms with Crippen molar-refractivity contribution in [3.63, 3.8) is 0 Å². The third-order valence-electron chi connectivity index (χ3n) is 2.33. The van der Waals surface area contributed by atoms with Crippen LogP contribution in [0.15, 0.2) is 0 Å². The van der Waals surface area contributed by atoms with E-state index in [1.54, 1.807) is 13.8 Å². The van der Waals surface area contributed by atoms with Crippen LogP contribution in [0, 0.1) is 0 Å². The molecule has 0 amide bonds. The third kappa shape index (κ3) is 3.46. The van der Waals surface area contributed by atoms with E-state index in [9.17, 15) is 9.59 Å². The van der Waals surface area contributed by atoms with Crippen LogP contribution in [0.4, 0.5) is 0 Å². The van der Waals surface area contributed by atoms with Gasteiger partial charge in [0.25, 0.3) is 0 Å². The molecule has 0 N–H and O–H groups in total. The zero-order valence-corrected chi connectivity index (χ0v) is 9.25. The van der Waals surface area contributed by atoms with Crippen LogP contribution in [0.2, 0.25) is 0 Å². The maximum absolute atomic E-state index is 11.6. The summed E-state index contributed by atoms with van der Waals surface area (Å²) in [5, 5.41) is 0. The SMILES string of the molecule is CCOC(=O)CC(=O)C(C)(CC)OC. The van der Waals surface area contributed by atoms with Crippen molar-refractivity contribution in [2.24, 2.45) is 0 Å². The first-order valence-corrected chi connectivity index (χ1v) is 4.74. The highest BCUT2D eigenvalue weighted by atomic mass is 16.5. The minimum Gasteiger partial charge on any atom is -0.466 e. The lowest BCUT2D eigenvalue weighted by atomic mass is 9.95. The van der Waals surface area contributed by atoms with Crippen molar-refractivity contribution in [3.8, 4) is 0 Å². The van der Waals surface area contributed by atoms with Gasteiger partial charge in [-0.1, -0.05) is 6.92 Å². The summed E-state index contributed by atoms with van der Waals surface area (Å²) in [6.45, 7) is 5.51. The van der Waals surface area contributed by atoms with Crippen LogP contribution < -0.4 is 0 Å². The monoisotopic (exact) mass is 202 g/mol. The molecule has 4 heteroatoms. The van der Waals surface area contributed by atoms with Gasteiger partial charge < -0.3 is 9.47 Å². The van der Waals surface area contributed by atoms with E-state index in [4.69, 9.17) is 4.74 Å². The molecule has 0 saturated carbocycles. The van der Waals surface area contributed by atoms with Gasteiger partial charge in [-0.25, -0.2) is 0 Å². The molecular formula is C10H18O4. The highest BCUT2D eigenvalue weighted by Crippen LogP contribution is 2.17. The summed E-state index contributed by atoms with van der Waals surface area (Å²) in [7, 11) is 1.46. The second kappa shape index (κ2) is 5.75. The summed E-state index contributed by atoms with van der Waals surface area (Å²) >= 11 is 0.